The van der Waals surface area contributed by atoms with Crippen molar-refractivity contribution in [2.45, 2.75) is 26.7 Å². The Morgan fingerprint density at radius 1 is 1.00 bits per heavy atom. The van der Waals surface area contributed by atoms with E-state index in [2.05, 4.69) is 13.8 Å². The van der Waals surface area contributed by atoms with Crippen LogP contribution in [0.25, 0.3) is 0 Å². The SMILES string of the molecule is C1SCSS1.CCCC. The molecule has 0 bridgehead atoms. The molecule has 1 heterocycles. The predicted molar refractivity (Wildman–Crippen MR) is 53.1 cm³/mol. The Labute approximate surface area is 70.3 Å². The molecule has 0 spiro atoms. The van der Waals surface area contributed by atoms with Crippen molar-refractivity contribution in [3.8, 4) is 0 Å². The summed E-state index contributed by atoms with van der Waals surface area (Å²) in [6.07, 6.45) is 2.64. The highest BCUT2D eigenvalue weighted by Crippen LogP contribution is 2.36. The molecule has 1 fully saturated rings. The second-order valence-corrected chi connectivity index (χ2v) is 5.86. The minimum Gasteiger partial charge on any atom is -0.138 e. The highest BCUT2D eigenvalue weighted by Gasteiger charge is 1.96. The van der Waals surface area contributed by atoms with Crippen LogP contribution in [0.2, 0.25) is 0 Å². The number of rotatable bonds is 1. The summed E-state index contributed by atoms with van der Waals surface area (Å²) in [7, 11) is 3.91. The van der Waals surface area contributed by atoms with Gasteiger partial charge in [0.25, 0.3) is 0 Å². The average molecular weight is 182 g/mol. The largest absolute Gasteiger partial charge is 0.138 e. The van der Waals surface area contributed by atoms with Crippen LogP contribution in [0.15, 0.2) is 0 Å². The van der Waals surface area contributed by atoms with Crippen LogP contribution in [0.5, 0.6) is 0 Å². The summed E-state index contributed by atoms with van der Waals surface area (Å²) >= 11 is 2.00. The minimum absolute atomic E-state index is 1.30. The molecule has 0 aliphatic carbocycles. The normalized spacial score (nSPS) is 16.7. The zero-order valence-corrected chi connectivity index (χ0v) is 8.50. The van der Waals surface area contributed by atoms with Crippen LogP contribution in [0, 0.1) is 0 Å². The van der Waals surface area contributed by atoms with Crippen LogP contribution in [-0.4, -0.2) is 10.2 Å². The topological polar surface area (TPSA) is 0 Å². The van der Waals surface area contributed by atoms with E-state index in [-0.39, 0.29) is 0 Å². The van der Waals surface area contributed by atoms with Crippen molar-refractivity contribution in [2.75, 3.05) is 10.2 Å². The third-order valence-corrected chi connectivity index (χ3v) is 5.35. The summed E-state index contributed by atoms with van der Waals surface area (Å²) in [5, 5.41) is 2.59. The molecule has 1 rings (SSSR count). The van der Waals surface area contributed by atoms with Gasteiger partial charge in [-0.15, -0.1) is 11.8 Å². The van der Waals surface area contributed by atoms with Gasteiger partial charge in [0.2, 0.25) is 0 Å². The molecular formula is C6H14S3. The van der Waals surface area contributed by atoms with E-state index in [9.17, 15) is 0 Å². The van der Waals surface area contributed by atoms with Gasteiger partial charge in [-0.3, -0.25) is 0 Å². The summed E-state index contributed by atoms with van der Waals surface area (Å²) < 4.78 is 0. The summed E-state index contributed by atoms with van der Waals surface area (Å²) in [5.41, 5.74) is 0. The Kier molecular flexibility index (Phi) is 10.1. The summed E-state index contributed by atoms with van der Waals surface area (Å²) in [4.78, 5) is 0. The van der Waals surface area contributed by atoms with Crippen molar-refractivity contribution in [3.63, 3.8) is 0 Å². The molecule has 3 heteroatoms. The molecular weight excluding hydrogens is 168 g/mol. The summed E-state index contributed by atoms with van der Waals surface area (Å²) in [6.45, 7) is 4.36. The Morgan fingerprint density at radius 3 is 1.56 bits per heavy atom. The standard InChI is InChI=1S/C4H10.C2H4S3/c1-3-4-2;1-3-2-5-4-1/h3-4H2,1-2H3;1-2H2. The Hall–Kier alpha value is 1.05. The van der Waals surface area contributed by atoms with E-state index in [4.69, 9.17) is 0 Å². The second-order valence-electron chi connectivity index (χ2n) is 1.68. The summed E-state index contributed by atoms with van der Waals surface area (Å²) in [6, 6.07) is 0. The van der Waals surface area contributed by atoms with Crippen LogP contribution in [0.3, 0.4) is 0 Å². The fourth-order valence-electron chi connectivity index (χ4n) is 0.170. The maximum Gasteiger partial charge on any atom is 0.0505 e. The molecule has 0 aromatic rings. The van der Waals surface area contributed by atoms with Crippen molar-refractivity contribution in [1.29, 1.82) is 0 Å². The van der Waals surface area contributed by atoms with Gasteiger partial charge >= 0.3 is 0 Å². The van der Waals surface area contributed by atoms with E-state index in [1.807, 2.05) is 33.3 Å². The van der Waals surface area contributed by atoms with E-state index in [1.54, 1.807) is 0 Å². The highest BCUT2D eigenvalue weighted by molar-refractivity contribution is 8.82. The van der Waals surface area contributed by atoms with Crippen molar-refractivity contribution in [2.24, 2.45) is 0 Å². The van der Waals surface area contributed by atoms with E-state index in [0.717, 1.165) is 0 Å². The van der Waals surface area contributed by atoms with E-state index in [1.165, 1.54) is 23.0 Å². The van der Waals surface area contributed by atoms with Crippen molar-refractivity contribution < 1.29 is 0 Å². The molecule has 0 nitrogen and oxygen atoms in total. The maximum absolute atomic E-state index is 2.18. The molecule has 9 heavy (non-hydrogen) atoms. The third kappa shape index (κ3) is 9.05. The first kappa shape index (κ1) is 10.0. The van der Waals surface area contributed by atoms with Gasteiger partial charge in [0, 0.05) is 0 Å². The van der Waals surface area contributed by atoms with Gasteiger partial charge in [-0.25, -0.2) is 0 Å². The van der Waals surface area contributed by atoms with Crippen molar-refractivity contribution in [1.82, 2.24) is 0 Å². The van der Waals surface area contributed by atoms with Crippen LogP contribution >= 0.6 is 33.3 Å². The lowest BCUT2D eigenvalue weighted by Crippen LogP contribution is -1.47. The first-order valence-corrected chi connectivity index (χ1v) is 6.88. The summed E-state index contributed by atoms with van der Waals surface area (Å²) in [5.74, 6) is 0. The molecule has 0 radical (unpaired) electrons. The Bertz CT molecular complexity index is 34.0. The fraction of sp³-hybridized carbons (Fsp3) is 1.00. The van der Waals surface area contributed by atoms with E-state index in [0.29, 0.717) is 0 Å². The van der Waals surface area contributed by atoms with Gasteiger partial charge < -0.3 is 0 Å². The number of unbranched alkanes of at least 4 members (excludes halogenated alkanes) is 1. The van der Waals surface area contributed by atoms with Gasteiger partial charge in [-0.1, -0.05) is 48.3 Å². The highest BCUT2D eigenvalue weighted by atomic mass is 33.1. The van der Waals surface area contributed by atoms with Gasteiger partial charge in [-0.2, -0.15) is 0 Å². The van der Waals surface area contributed by atoms with Gasteiger partial charge in [0.15, 0.2) is 0 Å². The van der Waals surface area contributed by atoms with Crippen LogP contribution < -0.4 is 0 Å². The molecule has 1 aliphatic rings. The monoisotopic (exact) mass is 182 g/mol. The quantitative estimate of drug-likeness (QED) is 0.566. The fourth-order valence-corrected chi connectivity index (χ4v) is 4.59. The molecule has 0 aromatic heterocycles. The first-order valence-electron chi connectivity index (χ1n) is 3.24. The van der Waals surface area contributed by atoms with Crippen LogP contribution in [-0.2, 0) is 0 Å². The molecule has 1 saturated heterocycles. The predicted octanol–water partition coefficient (Wildman–Crippen LogP) is 3.84. The Morgan fingerprint density at radius 2 is 1.44 bits per heavy atom. The van der Waals surface area contributed by atoms with Gasteiger partial charge in [-0.05, 0) is 0 Å². The van der Waals surface area contributed by atoms with Crippen molar-refractivity contribution >= 4 is 33.3 Å². The number of thioether (sulfide) groups is 1. The molecule has 0 amide bonds. The molecule has 56 valence electrons. The molecule has 0 atom stereocenters. The molecule has 0 saturated carbocycles. The number of hydrogen-bond acceptors (Lipinski definition) is 3. The van der Waals surface area contributed by atoms with Crippen molar-refractivity contribution in [3.05, 3.63) is 0 Å². The van der Waals surface area contributed by atoms with E-state index < -0.39 is 0 Å². The third-order valence-electron chi connectivity index (χ3n) is 0.846. The molecule has 0 unspecified atom stereocenters. The van der Waals surface area contributed by atoms with E-state index >= 15 is 0 Å². The lowest BCUT2D eigenvalue weighted by atomic mass is 10.4. The Balaban J connectivity index is 0.000000148. The molecule has 0 N–H and O–H groups in total. The molecule has 0 aromatic carbocycles. The lowest BCUT2D eigenvalue weighted by Gasteiger charge is -1.68. The van der Waals surface area contributed by atoms with Gasteiger partial charge in [0.1, 0.15) is 0 Å². The number of hydrogen-bond donors (Lipinski definition) is 0. The van der Waals surface area contributed by atoms with Crippen LogP contribution in [0.4, 0.5) is 0 Å². The first-order chi connectivity index (χ1) is 4.41. The zero-order chi connectivity index (χ0) is 6.95. The lowest BCUT2D eigenvalue weighted by molar-refractivity contribution is 0.886. The minimum atomic E-state index is 1.30. The maximum atomic E-state index is 2.18. The van der Waals surface area contributed by atoms with Gasteiger partial charge in [0.05, 0.1) is 10.2 Å². The van der Waals surface area contributed by atoms with Crippen LogP contribution in [0.1, 0.15) is 26.7 Å². The smallest absolute Gasteiger partial charge is 0.0505 e. The second kappa shape index (κ2) is 9.05. The zero-order valence-electron chi connectivity index (χ0n) is 6.05. The average Bonchev–Trinajstić information content (AvgIpc) is 2.43. The molecule has 1 aliphatic heterocycles.